The summed E-state index contributed by atoms with van der Waals surface area (Å²) < 4.78 is 0. The van der Waals surface area contributed by atoms with E-state index < -0.39 is 11.4 Å². The third kappa shape index (κ3) is 1.58. The summed E-state index contributed by atoms with van der Waals surface area (Å²) in [6, 6.07) is 5.12. The summed E-state index contributed by atoms with van der Waals surface area (Å²) in [5.74, 6) is 0.166. The van der Waals surface area contributed by atoms with E-state index in [9.17, 15) is 9.59 Å². The Morgan fingerprint density at radius 2 is 2.00 bits per heavy atom. The van der Waals surface area contributed by atoms with Crippen LogP contribution in [0, 0.1) is 0 Å². The van der Waals surface area contributed by atoms with Gasteiger partial charge in [0.2, 0.25) is 0 Å². The monoisotopic (exact) mass is 190 g/mol. The number of aromatic amines is 2. The standard InChI is InChI=1S/C8H6N4O2/c13-7-10-6(11-8(14)12-7)5-3-1-2-4-9-5/h1-4H,(H2,10,11,12,13,14). The van der Waals surface area contributed by atoms with Crippen molar-refractivity contribution in [2.45, 2.75) is 0 Å². The fourth-order valence-electron chi connectivity index (χ4n) is 1.02. The lowest BCUT2D eigenvalue weighted by Crippen LogP contribution is -2.25. The molecule has 2 aromatic heterocycles. The van der Waals surface area contributed by atoms with Crippen LogP contribution >= 0.6 is 0 Å². The third-order valence-corrected chi connectivity index (χ3v) is 1.57. The van der Waals surface area contributed by atoms with E-state index in [1.807, 2.05) is 4.98 Å². The molecule has 0 aliphatic carbocycles. The van der Waals surface area contributed by atoms with Crippen molar-refractivity contribution in [3.63, 3.8) is 0 Å². The average molecular weight is 190 g/mol. The smallest absolute Gasteiger partial charge is 0.290 e. The van der Waals surface area contributed by atoms with Crippen LogP contribution in [0.3, 0.4) is 0 Å². The number of nitrogens with zero attached hydrogens (tertiary/aromatic N) is 2. The first-order valence-corrected chi connectivity index (χ1v) is 3.88. The van der Waals surface area contributed by atoms with E-state index in [2.05, 4.69) is 15.0 Å². The van der Waals surface area contributed by atoms with Crippen molar-refractivity contribution in [2.75, 3.05) is 0 Å². The van der Waals surface area contributed by atoms with Gasteiger partial charge >= 0.3 is 11.4 Å². The number of aromatic nitrogens is 4. The van der Waals surface area contributed by atoms with Crippen LogP contribution < -0.4 is 11.4 Å². The molecule has 0 amide bonds. The molecule has 6 nitrogen and oxygen atoms in total. The van der Waals surface area contributed by atoms with Gasteiger partial charge in [-0.05, 0) is 12.1 Å². The molecule has 2 heterocycles. The molecule has 0 saturated carbocycles. The highest BCUT2D eigenvalue weighted by Gasteiger charge is 2.01. The molecule has 0 spiro atoms. The second-order valence-corrected chi connectivity index (χ2v) is 2.56. The highest BCUT2D eigenvalue weighted by molar-refractivity contribution is 5.46. The molecule has 2 rings (SSSR count). The minimum atomic E-state index is -0.686. The van der Waals surface area contributed by atoms with Crippen LogP contribution in [-0.2, 0) is 0 Å². The van der Waals surface area contributed by atoms with Crippen LogP contribution in [0.2, 0.25) is 0 Å². The van der Waals surface area contributed by atoms with Gasteiger partial charge in [0, 0.05) is 6.20 Å². The summed E-state index contributed by atoms with van der Waals surface area (Å²) in [7, 11) is 0. The van der Waals surface area contributed by atoms with Gasteiger partial charge in [-0.2, -0.15) is 4.98 Å². The Morgan fingerprint density at radius 1 is 1.14 bits per heavy atom. The van der Waals surface area contributed by atoms with Crippen molar-refractivity contribution in [3.05, 3.63) is 45.4 Å². The lowest BCUT2D eigenvalue weighted by atomic mass is 10.3. The lowest BCUT2D eigenvalue weighted by Gasteiger charge is -1.96. The van der Waals surface area contributed by atoms with Gasteiger partial charge in [-0.15, -0.1) is 0 Å². The molecule has 0 bridgehead atoms. The van der Waals surface area contributed by atoms with Crippen molar-refractivity contribution in [3.8, 4) is 11.5 Å². The predicted octanol–water partition coefficient (Wildman–Crippen LogP) is -0.480. The maximum absolute atomic E-state index is 10.9. The van der Waals surface area contributed by atoms with Crippen molar-refractivity contribution in [1.82, 2.24) is 19.9 Å². The summed E-state index contributed by atoms with van der Waals surface area (Å²) in [5.41, 5.74) is -0.823. The Morgan fingerprint density at radius 3 is 2.64 bits per heavy atom. The molecule has 0 radical (unpaired) electrons. The molecular weight excluding hydrogens is 184 g/mol. The number of pyridine rings is 1. The lowest BCUT2D eigenvalue weighted by molar-refractivity contribution is 0.936. The molecule has 0 aromatic carbocycles. The van der Waals surface area contributed by atoms with E-state index in [-0.39, 0.29) is 5.82 Å². The Kier molecular flexibility index (Phi) is 1.94. The summed E-state index contributed by atoms with van der Waals surface area (Å²) in [6.07, 6.45) is 1.55. The second kappa shape index (κ2) is 3.25. The first kappa shape index (κ1) is 8.36. The molecule has 0 fully saturated rings. The molecule has 2 N–H and O–H groups in total. The van der Waals surface area contributed by atoms with Crippen LogP contribution in [-0.4, -0.2) is 19.9 Å². The fourth-order valence-corrected chi connectivity index (χ4v) is 1.02. The van der Waals surface area contributed by atoms with Gasteiger partial charge in [-0.25, -0.2) is 9.59 Å². The molecule has 6 heteroatoms. The van der Waals surface area contributed by atoms with Gasteiger partial charge in [0.25, 0.3) is 0 Å². The predicted molar refractivity (Wildman–Crippen MR) is 48.7 cm³/mol. The first-order valence-electron chi connectivity index (χ1n) is 3.88. The van der Waals surface area contributed by atoms with E-state index >= 15 is 0 Å². The van der Waals surface area contributed by atoms with E-state index in [4.69, 9.17) is 0 Å². The zero-order chi connectivity index (χ0) is 9.97. The van der Waals surface area contributed by atoms with Crippen LogP contribution in [0.1, 0.15) is 0 Å². The van der Waals surface area contributed by atoms with E-state index in [0.29, 0.717) is 5.69 Å². The number of hydrogen-bond acceptors (Lipinski definition) is 4. The molecule has 0 saturated heterocycles. The van der Waals surface area contributed by atoms with Crippen LogP contribution in [0.15, 0.2) is 34.0 Å². The molecule has 0 aliphatic rings. The SMILES string of the molecule is O=c1nc(-c2ccccn2)[nH]c(=O)[nH]1. The minimum Gasteiger partial charge on any atom is -0.290 e. The van der Waals surface area contributed by atoms with Crippen LogP contribution in [0.4, 0.5) is 0 Å². The third-order valence-electron chi connectivity index (χ3n) is 1.57. The van der Waals surface area contributed by atoms with E-state index in [1.54, 1.807) is 24.4 Å². The minimum absolute atomic E-state index is 0.166. The van der Waals surface area contributed by atoms with Gasteiger partial charge in [0.15, 0.2) is 5.82 Å². The van der Waals surface area contributed by atoms with E-state index in [0.717, 1.165) is 0 Å². The summed E-state index contributed by atoms with van der Waals surface area (Å²) >= 11 is 0. The number of H-pyrrole nitrogens is 2. The fraction of sp³-hybridized carbons (Fsp3) is 0. The number of rotatable bonds is 1. The Hall–Kier alpha value is -2.24. The Balaban J connectivity index is 2.64. The van der Waals surface area contributed by atoms with Gasteiger partial charge in [-0.3, -0.25) is 15.0 Å². The molecule has 0 unspecified atom stereocenters. The number of nitrogens with one attached hydrogen (secondary N) is 2. The quantitative estimate of drug-likeness (QED) is 0.635. The Labute approximate surface area is 77.7 Å². The first-order chi connectivity index (χ1) is 6.75. The topological polar surface area (TPSA) is 91.5 Å². The van der Waals surface area contributed by atoms with Gasteiger partial charge in [0.1, 0.15) is 5.69 Å². The molecule has 0 atom stereocenters. The highest BCUT2D eigenvalue weighted by atomic mass is 16.2. The van der Waals surface area contributed by atoms with Crippen molar-refractivity contribution in [1.29, 1.82) is 0 Å². The Bertz CT molecular complexity index is 515. The highest BCUT2D eigenvalue weighted by Crippen LogP contribution is 2.05. The van der Waals surface area contributed by atoms with Crippen molar-refractivity contribution in [2.24, 2.45) is 0 Å². The summed E-state index contributed by atoms with van der Waals surface area (Å²) in [6.45, 7) is 0. The van der Waals surface area contributed by atoms with Crippen LogP contribution in [0.5, 0.6) is 0 Å². The summed E-state index contributed by atoms with van der Waals surface area (Å²) in [4.78, 5) is 33.7. The molecule has 14 heavy (non-hydrogen) atoms. The summed E-state index contributed by atoms with van der Waals surface area (Å²) in [5, 5.41) is 0. The average Bonchev–Trinajstić information content (AvgIpc) is 2.18. The molecule has 0 aliphatic heterocycles. The largest absolute Gasteiger partial charge is 0.351 e. The van der Waals surface area contributed by atoms with Gasteiger partial charge < -0.3 is 0 Å². The van der Waals surface area contributed by atoms with Gasteiger partial charge in [0.05, 0.1) is 0 Å². The number of hydrogen-bond donors (Lipinski definition) is 2. The normalized spacial score (nSPS) is 10.0. The zero-order valence-corrected chi connectivity index (χ0v) is 7.02. The molecule has 70 valence electrons. The van der Waals surface area contributed by atoms with Crippen LogP contribution in [0.25, 0.3) is 11.5 Å². The van der Waals surface area contributed by atoms with E-state index in [1.165, 1.54) is 0 Å². The van der Waals surface area contributed by atoms with Crippen molar-refractivity contribution >= 4 is 0 Å². The molecular formula is C8H6N4O2. The van der Waals surface area contributed by atoms with Crippen molar-refractivity contribution < 1.29 is 0 Å². The second-order valence-electron chi connectivity index (χ2n) is 2.56. The zero-order valence-electron chi connectivity index (χ0n) is 7.02. The maximum atomic E-state index is 10.9. The van der Waals surface area contributed by atoms with Gasteiger partial charge in [-0.1, -0.05) is 6.07 Å². The maximum Gasteiger partial charge on any atom is 0.351 e. The molecule has 2 aromatic rings.